The second kappa shape index (κ2) is 7.36. The van der Waals surface area contributed by atoms with Crippen LogP contribution in [0.1, 0.15) is 36.8 Å². The topological polar surface area (TPSA) is 73.1 Å². The lowest BCUT2D eigenvalue weighted by Gasteiger charge is -2.48. The minimum Gasteiger partial charge on any atom is -0.356 e. The second-order valence-electron chi connectivity index (χ2n) is 7.65. The molecule has 0 aliphatic carbocycles. The van der Waals surface area contributed by atoms with Crippen molar-refractivity contribution in [1.29, 1.82) is 5.26 Å². The van der Waals surface area contributed by atoms with E-state index in [2.05, 4.69) is 20.9 Å². The Bertz CT molecular complexity index is 845. The van der Waals surface area contributed by atoms with Crippen molar-refractivity contribution in [1.82, 2.24) is 14.9 Å². The standard InChI is InChI=1S/C21H23N5O/c22-12-18-2-3-19(24-13-18)25-11-1-7-21(15-25)8-4-20(27)26(16-21)14-17-5-9-23-10-6-17/h2-3,5-6,9-10,13H,1,4,7-8,11,14-16H2. The van der Waals surface area contributed by atoms with Crippen molar-refractivity contribution < 1.29 is 4.79 Å². The van der Waals surface area contributed by atoms with Crippen LogP contribution >= 0.6 is 0 Å². The Hall–Kier alpha value is -2.94. The van der Waals surface area contributed by atoms with Gasteiger partial charge in [0, 0.05) is 56.6 Å². The molecule has 4 heterocycles. The van der Waals surface area contributed by atoms with Gasteiger partial charge in [0.15, 0.2) is 0 Å². The van der Waals surface area contributed by atoms with E-state index in [1.54, 1.807) is 18.6 Å². The average molecular weight is 361 g/mol. The van der Waals surface area contributed by atoms with Gasteiger partial charge >= 0.3 is 0 Å². The summed E-state index contributed by atoms with van der Waals surface area (Å²) in [5.74, 6) is 1.16. The van der Waals surface area contributed by atoms with Gasteiger partial charge in [0.25, 0.3) is 0 Å². The predicted octanol–water partition coefficient (Wildman–Crippen LogP) is 2.76. The van der Waals surface area contributed by atoms with E-state index in [1.165, 1.54) is 0 Å². The Balaban J connectivity index is 1.49. The van der Waals surface area contributed by atoms with Crippen LogP contribution in [0, 0.1) is 16.7 Å². The van der Waals surface area contributed by atoms with Crippen LogP contribution in [-0.2, 0) is 11.3 Å². The number of pyridine rings is 2. The Morgan fingerprint density at radius 2 is 2.00 bits per heavy atom. The molecule has 138 valence electrons. The highest BCUT2D eigenvalue weighted by Crippen LogP contribution is 2.40. The zero-order valence-corrected chi connectivity index (χ0v) is 15.3. The fourth-order valence-electron chi connectivity index (χ4n) is 4.33. The zero-order valence-electron chi connectivity index (χ0n) is 15.3. The van der Waals surface area contributed by atoms with Crippen LogP contribution in [0.25, 0.3) is 0 Å². The zero-order chi connectivity index (χ0) is 18.7. The molecule has 1 unspecified atom stereocenters. The van der Waals surface area contributed by atoms with Crippen LogP contribution in [0.4, 0.5) is 5.82 Å². The molecule has 4 rings (SSSR count). The maximum Gasteiger partial charge on any atom is 0.222 e. The number of amides is 1. The van der Waals surface area contributed by atoms with Crippen LogP contribution < -0.4 is 4.90 Å². The molecule has 1 spiro atoms. The van der Waals surface area contributed by atoms with Gasteiger partial charge in [-0.05, 0) is 49.1 Å². The molecule has 0 N–H and O–H groups in total. The number of rotatable bonds is 3. The maximum absolute atomic E-state index is 12.5. The quantitative estimate of drug-likeness (QED) is 0.840. The van der Waals surface area contributed by atoms with Gasteiger partial charge in [-0.1, -0.05) is 0 Å². The summed E-state index contributed by atoms with van der Waals surface area (Å²) in [6, 6.07) is 9.82. The largest absolute Gasteiger partial charge is 0.356 e. The van der Waals surface area contributed by atoms with Crippen molar-refractivity contribution in [2.75, 3.05) is 24.5 Å². The molecule has 6 nitrogen and oxygen atoms in total. The van der Waals surface area contributed by atoms with Gasteiger partial charge in [0.2, 0.25) is 5.91 Å². The summed E-state index contributed by atoms with van der Waals surface area (Å²) in [6.07, 6.45) is 8.97. The molecule has 2 saturated heterocycles. The number of hydrogen-bond donors (Lipinski definition) is 0. The van der Waals surface area contributed by atoms with Gasteiger partial charge in [0.1, 0.15) is 11.9 Å². The summed E-state index contributed by atoms with van der Waals surface area (Å²) in [5.41, 5.74) is 1.82. The molecule has 1 atom stereocenters. The molecular weight excluding hydrogens is 338 g/mol. The fourth-order valence-corrected chi connectivity index (χ4v) is 4.33. The molecule has 6 heteroatoms. The lowest BCUT2D eigenvalue weighted by Crippen LogP contribution is -2.54. The molecule has 0 saturated carbocycles. The van der Waals surface area contributed by atoms with Crippen molar-refractivity contribution in [2.24, 2.45) is 5.41 Å². The third kappa shape index (κ3) is 3.77. The summed E-state index contributed by atoms with van der Waals surface area (Å²) in [7, 11) is 0. The Morgan fingerprint density at radius 1 is 1.15 bits per heavy atom. The third-order valence-electron chi connectivity index (χ3n) is 5.73. The predicted molar refractivity (Wildman–Crippen MR) is 102 cm³/mol. The van der Waals surface area contributed by atoms with Gasteiger partial charge in [-0.15, -0.1) is 0 Å². The van der Waals surface area contributed by atoms with Crippen molar-refractivity contribution in [3.05, 3.63) is 54.0 Å². The average Bonchev–Trinajstić information content (AvgIpc) is 2.72. The van der Waals surface area contributed by atoms with E-state index >= 15 is 0 Å². The summed E-state index contributed by atoms with van der Waals surface area (Å²) >= 11 is 0. The van der Waals surface area contributed by atoms with Gasteiger partial charge in [-0.2, -0.15) is 5.26 Å². The van der Waals surface area contributed by atoms with E-state index in [1.807, 2.05) is 29.2 Å². The number of carbonyl (C=O) groups is 1. The van der Waals surface area contributed by atoms with Gasteiger partial charge in [0.05, 0.1) is 5.56 Å². The van der Waals surface area contributed by atoms with Gasteiger partial charge < -0.3 is 9.80 Å². The molecule has 0 bridgehead atoms. The van der Waals surface area contributed by atoms with E-state index in [-0.39, 0.29) is 11.3 Å². The van der Waals surface area contributed by atoms with E-state index in [0.29, 0.717) is 18.5 Å². The van der Waals surface area contributed by atoms with Gasteiger partial charge in [-0.3, -0.25) is 9.78 Å². The molecule has 2 aromatic heterocycles. The summed E-state index contributed by atoms with van der Waals surface area (Å²) in [4.78, 5) is 25.3. The normalized spacial score (nSPS) is 22.7. The van der Waals surface area contributed by atoms with Crippen LogP contribution in [-0.4, -0.2) is 40.4 Å². The number of piperidine rings is 2. The van der Waals surface area contributed by atoms with Crippen molar-refractivity contribution in [3.8, 4) is 6.07 Å². The van der Waals surface area contributed by atoms with Crippen LogP contribution in [0.15, 0.2) is 42.9 Å². The molecule has 27 heavy (non-hydrogen) atoms. The van der Waals surface area contributed by atoms with Crippen molar-refractivity contribution in [3.63, 3.8) is 0 Å². The SMILES string of the molecule is N#Cc1ccc(N2CCCC3(CCC(=O)N(Cc4ccncc4)C3)C2)nc1. The minimum atomic E-state index is 0.120. The first-order valence-electron chi connectivity index (χ1n) is 9.45. The number of likely N-dealkylation sites (tertiary alicyclic amines) is 1. The second-order valence-corrected chi connectivity index (χ2v) is 7.65. The first kappa shape index (κ1) is 17.5. The third-order valence-corrected chi connectivity index (χ3v) is 5.73. The molecule has 2 aromatic rings. The Kier molecular flexibility index (Phi) is 4.76. The number of aromatic nitrogens is 2. The minimum absolute atomic E-state index is 0.120. The van der Waals surface area contributed by atoms with E-state index in [9.17, 15) is 4.79 Å². The molecule has 0 radical (unpaired) electrons. The first-order chi connectivity index (χ1) is 13.2. The molecule has 2 fully saturated rings. The first-order valence-corrected chi connectivity index (χ1v) is 9.45. The highest BCUT2D eigenvalue weighted by Gasteiger charge is 2.41. The fraction of sp³-hybridized carbons (Fsp3) is 0.429. The van der Waals surface area contributed by atoms with Crippen LogP contribution in [0.3, 0.4) is 0 Å². The van der Waals surface area contributed by atoms with Crippen molar-refractivity contribution in [2.45, 2.75) is 32.2 Å². The molecule has 2 aliphatic rings. The molecule has 2 aliphatic heterocycles. The van der Waals surface area contributed by atoms with Crippen LogP contribution in [0.2, 0.25) is 0 Å². The molecule has 1 amide bonds. The number of nitriles is 1. The van der Waals surface area contributed by atoms with Gasteiger partial charge in [-0.25, -0.2) is 4.98 Å². The number of hydrogen-bond acceptors (Lipinski definition) is 5. The molecule has 0 aromatic carbocycles. The number of carbonyl (C=O) groups excluding carboxylic acids is 1. The van der Waals surface area contributed by atoms with Crippen LogP contribution in [0.5, 0.6) is 0 Å². The maximum atomic E-state index is 12.5. The number of nitrogens with zero attached hydrogens (tertiary/aromatic N) is 5. The monoisotopic (exact) mass is 361 g/mol. The lowest BCUT2D eigenvalue weighted by molar-refractivity contribution is -0.138. The highest BCUT2D eigenvalue weighted by atomic mass is 16.2. The lowest BCUT2D eigenvalue weighted by atomic mass is 9.73. The van der Waals surface area contributed by atoms with E-state index in [4.69, 9.17) is 5.26 Å². The highest BCUT2D eigenvalue weighted by molar-refractivity contribution is 5.77. The summed E-state index contributed by atoms with van der Waals surface area (Å²) < 4.78 is 0. The summed E-state index contributed by atoms with van der Waals surface area (Å²) in [6.45, 7) is 3.32. The van der Waals surface area contributed by atoms with E-state index in [0.717, 1.165) is 50.3 Å². The Labute approximate surface area is 159 Å². The van der Waals surface area contributed by atoms with Crippen molar-refractivity contribution >= 4 is 11.7 Å². The smallest absolute Gasteiger partial charge is 0.222 e. The Morgan fingerprint density at radius 3 is 2.74 bits per heavy atom. The summed E-state index contributed by atoms with van der Waals surface area (Å²) in [5, 5.41) is 8.97. The van der Waals surface area contributed by atoms with E-state index < -0.39 is 0 Å². The number of anilines is 1. The molecular formula is C21H23N5O.